The number of aldehydes is 1. The van der Waals surface area contributed by atoms with E-state index < -0.39 is 0 Å². The van der Waals surface area contributed by atoms with Gasteiger partial charge in [0.05, 0.1) is 0 Å². The third-order valence-corrected chi connectivity index (χ3v) is 4.18. The number of rotatable bonds is 13. The predicted molar refractivity (Wildman–Crippen MR) is 92.0 cm³/mol. The first-order chi connectivity index (χ1) is 10.4. The Labute approximate surface area is 131 Å². The average Bonchev–Trinajstić information content (AvgIpc) is 2.53. The topological polar surface area (TPSA) is 17.1 Å². The molecule has 1 heteroatoms. The van der Waals surface area contributed by atoms with Crippen LogP contribution in [0.4, 0.5) is 0 Å². The molecule has 0 aliphatic rings. The lowest BCUT2D eigenvalue weighted by Gasteiger charge is -2.03. The van der Waals surface area contributed by atoms with Crippen molar-refractivity contribution < 1.29 is 4.79 Å². The van der Waals surface area contributed by atoms with Gasteiger partial charge >= 0.3 is 0 Å². The molecule has 0 saturated heterocycles. The van der Waals surface area contributed by atoms with Gasteiger partial charge in [-0.2, -0.15) is 0 Å². The summed E-state index contributed by atoms with van der Waals surface area (Å²) >= 11 is 0. The summed E-state index contributed by atoms with van der Waals surface area (Å²) in [4.78, 5) is 10.6. The minimum absolute atomic E-state index is 0.776. The Hall–Kier alpha value is -1.11. The van der Waals surface area contributed by atoms with Crippen LogP contribution in [0, 0.1) is 0 Å². The van der Waals surface area contributed by atoms with E-state index in [1.54, 1.807) is 0 Å². The lowest BCUT2D eigenvalue weighted by molar-refractivity contribution is 0.112. The number of carbonyl (C=O) groups excluding carboxylic acids is 1. The van der Waals surface area contributed by atoms with E-state index in [4.69, 9.17) is 0 Å². The van der Waals surface area contributed by atoms with Crippen LogP contribution in [0.5, 0.6) is 0 Å². The van der Waals surface area contributed by atoms with Gasteiger partial charge in [0.15, 0.2) is 0 Å². The van der Waals surface area contributed by atoms with Crippen molar-refractivity contribution in [2.75, 3.05) is 0 Å². The van der Waals surface area contributed by atoms with Crippen LogP contribution in [0.2, 0.25) is 0 Å². The molecule has 0 unspecified atom stereocenters. The first kappa shape index (κ1) is 17.9. The first-order valence-electron chi connectivity index (χ1n) is 8.91. The Morgan fingerprint density at radius 1 is 0.714 bits per heavy atom. The summed E-state index contributed by atoms with van der Waals surface area (Å²) in [6.07, 6.45) is 17.3. The van der Waals surface area contributed by atoms with Crippen molar-refractivity contribution in [2.45, 2.75) is 84.0 Å². The molecule has 1 aromatic carbocycles. The molecule has 1 aromatic rings. The molecular formula is C20H32O. The SMILES string of the molecule is CCCCCCCCCCCCCc1ccc(C=O)cc1. The van der Waals surface area contributed by atoms with Crippen molar-refractivity contribution >= 4 is 6.29 Å². The predicted octanol–water partition coefficient (Wildman–Crippen LogP) is 6.35. The molecule has 0 aliphatic carbocycles. The van der Waals surface area contributed by atoms with Crippen LogP contribution in [-0.4, -0.2) is 6.29 Å². The molecule has 0 amide bonds. The summed E-state index contributed by atoms with van der Waals surface area (Å²) in [5.41, 5.74) is 2.13. The fraction of sp³-hybridized carbons (Fsp3) is 0.650. The lowest BCUT2D eigenvalue weighted by atomic mass is 10.0. The van der Waals surface area contributed by atoms with Gasteiger partial charge in [-0.25, -0.2) is 0 Å². The molecule has 21 heavy (non-hydrogen) atoms. The van der Waals surface area contributed by atoms with Crippen molar-refractivity contribution in [3.63, 3.8) is 0 Å². The summed E-state index contributed by atoms with van der Waals surface area (Å²) in [6.45, 7) is 2.27. The maximum absolute atomic E-state index is 10.6. The lowest BCUT2D eigenvalue weighted by Crippen LogP contribution is -1.88. The Morgan fingerprint density at radius 3 is 1.67 bits per heavy atom. The van der Waals surface area contributed by atoms with Gasteiger partial charge in [0, 0.05) is 5.56 Å². The highest BCUT2D eigenvalue weighted by Gasteiger charge is 1.96. The summed E-state index contributed by atoms with van der Waals surface area (Å²) in [7, 11) is 0. The van der Waals surface area contributed by atoms with Gasteiger partial charge in [-0.05, 0) is 18.4 Å². The molecular weight excluding hydrogens is 256 g/mol. The highest BCUT2D eigenvalue weighted by molar-refractivity contribution is 5.74. The fourth-order valence-electron chi connectivity index (χ4n) is 2.76. The Balaban J connectivity index is 1.89. The van der Waals surface area contributed by atoms with Gasteiger partial charge in [-0.3, -0.25) is 4.79 Å². The van der Waals surface area contributed by atoms with Gasteiger partial charge in [-0.15, -0.1) is 0 Å². The Kier molecular flexibility index (Phi) is 10.8. The quantitative estimate of drug-likeness (QED) is 0.305. The van der Waals surface area contributed by atoms with Gasteiger partial charge in [0.2, 0.25) is 0 Å². The maximum Gasteiger partial charge on any atom is 0.150 e. The van der Waals surface area contributed by atoms with Crippen LogP contribution in [0.3, 0.4) is 0 Å². The number of hydrogen-bond donors (Lipinski definition) is 0. The first-order valence-corrected chi connectivity index (χ1v) is 8.91. The molecule has 0 saturated carbocycles. The number of unbranched alkanes of at least 4 members (excludes halogenated alkanes) is 10. The number of aryl methyl sites for hydroxylation is 1. The van der Waals surface area contributed by atoms with E-state index in [1.807, 2.05) is 12.1 Å². The second-order valence-corrected chi connectivity index (χ2v) is 6.14. The second kappa shape index (κ2) is 12.6. The van der Waals surface area contributed by atoms with Gasteiger partial charge in [0.1, 0.15) is 6.29 Å². The molecule has 0 aliphatic heterocycles. The third-order valence-electron chi connectivity index (χ3n) is 4.18. The van der Waals surface area contributed by atoms with E-state index >= 15 is 0 Å². The van der Waals surface area contributed by atoms with Crippen LogP contribution in [0.15, 0.2) is 24.3 Å². The van der Waals surface area contributed by atoms with Gasteiger partial charge in [0.25, 0.3) is 0 Å². The van der Waals surface area contributed by atoms with E-state index in [1.165, 1.54) is 76.2 Å². The Morgan fingerprint density at radius 2 is 1.19 bits per heavy atom. The van der Waals surface area contributed by atoms with E-state index in [2.05, 4.69) is 19.1 Å². The number of carbonyl (C=O) groups is 1. The van der Waals surface area contributed by atoms with Crippen LogP contribution in [0.25, 0.3) is 0 Å². The average molecular weight is 288 g/mol. The molecule has 118 valence electrons. The molecule has 1 nitrogen and oxygen atoms in total. The number of benzene rings is 1. The summed E-state index contributed by atoms with van der Waals surface area (Å²) in [5, 5.41) is 0. The van der Waals surface area contributed by atoms with E-state index in [0.717, 1.165) is 18.3 Å². The zero-order valence-electron chi connectivity index (χ0n) is 13.8. The molecule has 1 rings (SSSR count). The minimum atomic E-state index is 0.776. The molecule has 0 spiro atoms. The fourth-order valence-corrected chi connectivity index (χ4v) is 2.76. The molecule has 0 bridgehead atoms. The van der Waals surface area contributed by atoms with Crippen LogP contribution in [-0.2, 0) is 6.42 Å². The highest BCUT2D eigenvalue weighted by atomic mass is 16.1. The monoisotopic (exact) mass is 288 g/mol. The van der Waals surface area contributed by atoms with E-state index in [9.17, 15) is 4.79 Å². The molecule has 0 N–H and O–H groups in total. The van der Waals surface area contributed by atoms with Crippen LogP contribution >= 0.6 is 0 Å². The van der Waals surface area contributed by atoms with Crippen molar-refractivity contribution in [3.8, 4) is 0 Å². The van der Waals surface area contributed by atoms with E-state index in [0.29, 0.717) is 0 Å². The smallest absolute Gasteiger partial charge is 0.150 e. The zero-order chi connectivity index (χ0) is 15.2. The maximum atomic E-state index is 10.6. The Bertz CT molecular complexity index is 353. The highest BCUT2D eigenvalue weighted by Crippen LogP contribution is 2.13. The van der Waals surface area contributed by atoms with Crippen molar-refractivity contribution in [2.24, 2.45) is 0 Å². The molecule has 0 heterocycles. The summed E-state index contributed by atoms with van der Waals surface area (Å²) in [5.74, 6) is 0. The van der Waals surface area contributed by atoms with E-state index in [-0.39, 0.29) is 0 Å². The summed E-state index contributed by atoms with van der Waals surface area (Å²) < 4.78 is 0. The largest absolute Gasteiger partial charge is 0.298 e. The van der Waals surface area contributed by atoms with Gasteiger partial charge < -0.3 is 0 Å². The normalized spacial score (nSPS) is 10.7. The van der Waals surface area contributed by atoms with Gasteiger partial charge in [-0.1, -0.05) is 95.4 Å². The number of hydrogen-bond acceptors (Lipinski definition) is 1. The van der Waals surface area contributed by atoms with Crippen LogP contribution in [0.1, 0.15) is 93.5 Å². The minimum Gasteiger partial charge on any atom is -0.298 e. The van der Waals surface area contributed by atoms with Crippen LogP contribution < -0.4 is 0 Å². The van der Waals surface area contributed by atoms with Crippen molar-refractivity contribution in [1.29, 1.82) is 0 Å². The second-order valence-electron chi connectivity index (χ2n) is 6.14. The van der Waals surface area contributed by atoms with Crippen molar-refractivity contribution in [3.05, 3.63) is 35.4 Å². The zero-order valence-corrected chi connectivity index (χ0v) is 13.8. The standard InChI is InChI=1S/C20H32O/c1-2-3-4-5-6-7-8-9-10-11-12-13-19-14-16-20(18-21)17-15-19/h14-18H,2-13H2,1H3. The molecule has 0 aromatic heterocycles. The third kappa shape index (κ3) is 9.44. The molecule has 0 fully saturated rings. The van der Waals surface area contributed by atoms with Crippen molar-refractivity contribution in [1.82, 2.24) is 0 Å². The summed E-state index contributed by atoms with van der Waals surface area (Å²) in [6, 6.07) is 8.00. The molecule has 0 atom stereocenters. The molecule has 0 radical (unpaired) electrons.